The molecule has 28 heavy (non-hydrogen) atoms. The van der Waals surface area contributed by atoms with Crippen LogP contribution in [-0.2, 0) is 4.79 Å². The predicted molar refractivity (Wildman–Crippen MR) is 115 cm³/mol. The lowest BCUT2D eigenvalue weighted by Crippen LogP contribution is -2.34. The van der Waals surface area contributed by atoms with E-state index in [1.54, 1.807) is 6.07 Å². The molecule has 2 rings (SSSR count). The molecule has 0 unspecified atom stereocenters. The first-order valence-electron chi connectivity index (χ1n) is 9.60. The standard InChI is InChI=1S/C22H30N4O2/c1-16(2)17-8-10-19(11-9-17)25-21(28)15-26(12-3-4-13-27)20-7-5-6-18(14-20)22(23)24/h5-11,14,16,27H,3-4,12-13,15H2,1-2H3,(H3,23,24)(H,25,28). The van der Waals surface area contributed by atoms with Crippen molar-refractivity contribution in [3.63, 3.8) is 0 Å². The van der Waals surface area contributed by atoms with Gasteiger partial charge >= 0.3 is 0 Å². The average molecular weight is 383 g/mol. The number of carbonyl (C=O) groups is 1. The maximum atomic E-state index is 12.6. The van der Waals surface area contributed by atoms with Gasteiger partial charge in [-0.05, 0) is 48.6 Å². The Labute approximate surface area is 166 Å². The lowest BCUT2D eigenvalue weighted by Gasteiger charge is -2.25. The summed E-state index contributed by atoms with van der Waals surface area (Å²) in [6.45, 7) is 5.19. The maximum absolute atomic E-state index is 12.6. The Morgan fingerprint density at radius 1 is 1.18 bits per heavy atom. The van der Waals surface area contributed by atoms with E-state index >= 15 is 0 Å². The maximum Gasteiger partial charge on any atom is 0.243 e. The largest absolute Gasteiger partial charge is 0.396 e. The Morgan fingerprint density at radius 3 is 2.50 bits per heavy atom. The molecule has 2 aromatic carbocycles. The van der Waals surface area contributed by atoms with Gasteiger partial charge in [-0.2, -0.15) is 0 Å². The number of hydrogen-bond donors (Lipinski definition) is 4. The number of nitrogens with zero attached hydrogens (tertiary/aromatic N) is 1. The number of aliphatic hydroxyl groups is 1. The van der Waals surface area contributed by atoms with E-state index in [-0.39, 0.29) is 24.9 Å². The zero-order chi connectivity index (χ0) is 20.5. The normalized spacial score (nSPS) is 10.7. The second-order valence-electron chi connectivity index (χ2n) is 7.14. The summed E-state index contributed by atoms with van der Waals surface area (Å²) in [5, 5.41) is 19.6. The van der Waals surface area contributed by atoms with Crippen molar-refractivity contribution in [2.75, 3.05) is 29.9 Å². The molecule has 0 radical (unpaired) electrons. The molecule has 150 valence electrons. The van der Waals surface area contributed by atoms with Crippen molar-refractivity contribution in [1.29, 1.82) is 5.41 Å². The molecule has 6 nitrogen and oxygen atoms in total. The van der Waals surface area contributed by atoms with E-state index in [1.807, 2.05) is 47.4 Å². The molecule has 0 bridgehead atoms. The predicted octanol–water partition coefficient (Wildman–Crippen LogP) is 3.31. The van der Waals surface area contributed by atoms with Crippen LogP contribution in [0.25, 0.3) is 0 Å². The van der Waals surface area contributed by atoms with Crippen molar-refractivity contribution in [1.82, 2.24) is 0 Å². The summed E-state index contributed by atoms with van der Waals surface area (Å²) in [5.41, 5.74) is 9.04. The van der Waals surface area contributed by atoms with Gasteiger partial charge in [0, 0.05) is 30.1 Å². The number of hydrogen-bond acceptors (Lipinski definition) is 4. The zero-order valence-corrected chi connectivity index (χ0v) is 16.6. The Bertz CT molecular complexity index is 787. The van der Waals surface area contributed by atoms with Gasteiger partial charge in [0.15, 0.2) is 0 Å². The number of nitrogens with one attached hydrogen (secondary N) is 2. The smallest absolute Gasteiger partial charge is 0.243 e. The van der Waals surface area contributed by atoms with Crippen molar-refractivity contribution < 1.29 is 9.90 Å². The Balaban J connectivity index is 2.09. The highest BCUT2D eigenvalue weighted by Crippen LogP contribution is 2.19. The van der Waals surface area contributed by atoms with Crippen LogP contribution in [0.2, 0.25) is 0 Å². The van der Waals surface area contributed by atoms with E-state index in [9.17, 15) is 4.79 Å². The molecule has 5 N–H and O–H groups in total. The van der Waals surface area contributed by atoms with Gasteiger partial charge in [-0.3, -0.25) is 10.2 Å². The first-order valence-corrected chi connectivity index (χ1v) is 9.60. The van der Waals surface area contributed by atoms with Crippen molar-refractivity contribution in [3.8, 4) is 0 Å². The van der Waals surface area contributed by atoms with Crippen molar-refractivity contribution in [2.45, 2.75) is 32.6 Å². The van der Waals surface area contributed by atoms with Crippen molar-refractivity contribution in [2.24, 2.45) is 5.73 Å². The molecular formula is C22H30N4O2. The van der Waals surface area contributed by atoms with E-state index in [0.717, 1.165) is 17.8 Å². The second-order valence-corrected chi connectivity index (χ2v) is 7.14. The molecule has 0 saturated carbocycles. The minimum Gasteiger partial charge on any atom is -0.396 e. The summed E-state index contributed by atoms with van der Waals surface area (Å²) in [5.74, 6) is 0.321. The van der Waals surface area contributed by atoms with Crippen LogP contribution in [0.4, 0.5) is 11.4 Å². The lowest BCUT2D eigenvalue weighted by atomic mass is 10.0. The highest BCUT2D eigenvalue weighted by atomic mass is 16.2. The van der Waals surface area contributed by atoms with Crippen LogP contribution in [0.5, 0.6) is 0 Å². The molecule has 6 heteroatoms. The van der Waals surface area contributed by atoms with Crippen LogP contribution < -0.4 is 16.0 Å². The average Bonchev–Trinajstić information content (AvgIpc) is 2.68. The molecule has 0 aliphatic carbocycles. The highest BCUT2D eigenvalue weighted by molar-refractivity contribution is 5.97. The highest BCUT2D eigenvalue weighted by Gasteiger charge is 2.13. The number of amides is 1. The van der Waals surface area contributed by atoms with Gasteiger partial charge in [0.1, 0.15) is 5.84 Å². The van der Waals surface area contributed by atoms with Crippen LogP contribution in [0, 0.1) is 5.41 Å². The minimum atomic E-state index is -0.116. The number of unbranched alkanes of at least 4 members (excludes halogenated alkanes) is 1. The molecule has 0 aromatic heterocycles. The fourth-order valence-corrected chi connectivity index (χ4v) is 2.91. The Hall–Kier alpha value is -2.86. The molecule has 2 aromatic rings. The number of aliphatic hydroxyl groups excluding tert-OH is 1. The third-order valence-corrected chi connectivity index (χ3v) is 4.55. The first kappa shape index (κ1) is 21.4. The van der Waals surface area contributed by atoms with E-state index in [2.05, 4.69) is 19.2 Å². The molecule has 0 fully saturated rings. The van der Waals surface area contributed by atoms with Crippen molar-refractivity contribution >= 4 is 23.1 Å². The first-order chi connectivity index (χ1) is 13.4. The van der Waals surface area contributed by atoms with Gasteiger partial charge in [-0.25, -0.2) is 0 Å². The molecule has 0 atom stereocenters. The fraction of sp³-hybridized carbons (Fsp3) is 0.364. The third kappa shape index (κ3) is 6.39. The quantitative estimate of drug-likeness (QED) is 0.288. The summed E-state index contributed by atoms with van der Waals surface area (Å²) in [7, 11) is 0. The molecule has 0 heterocycles. The lowest BCUT2D eigenvalue weighted by molar-refractivity contribution is -0.115. The van der Waals surface area contributed by atoms with Gasteiger partial charge in [0.25, 0.3) is 0 Å². The summed E-state index contributed by atoms with van der Waals surface area (Å²) in [4.78, 5) is 14.5. The topological polar surface area (TPSA) is 102 Å². The van der Waals surface area contributed by atoms with Crippen LogP contribution >= 0.6 is 0 Å². The number of nitrogen functional groups attached to an aromatic ring is 1. The van der Waals surface area contributed by atoms with E-state index in [1.165, 1.54) is 5.56 Å². The van der Waals surface area contributed by atoms with Gasteiger partial charge < -0.3 is 21.1 Å². The van der Waals surface area contributed by atoms with Gasteiger partial charge in [-0.15, -0.1) is 0 Å². The van der Waals surface area contributed by atoms with Crippen molar-refractivity contribution in [3.05, 3.63) is 59.7 Å². The van der Waals surface area contributed by atoms with Crippen LogP contribution in [0.15, 0.2) is 48.5 Å². The number of amidine groups is 1. The van der Waals surface area contributed by atoms with Crippen LogP contribution in [0.1, 0.15) is 43.7 Å². The fourth-order valence-electron chi connectivity index (χ4n) is 2.91. The van der Waals surface area contributed by atoms with Crippen LogP contribution in [0.3, 0.4) is 0 Å². The Morgan fingerprint density at radius 2 is 1.89 bits per heavy atom. The van der Waals surface area contributed by atoms with Crippen LogP contribution in [-0.4, -0.2) is 36.5 Å². The van der Waals surface area contributed by atoms with Gasteiger partial charge in [0.05, 0.1) is 6.54 Å². The summed E-state index contributed by atoms with van der Waals surface area (Å²) in [6, 6.07) is 15.2. The second kappa shape index (κ2) is 10.5. The number of anilines is 2. The Kier molecular flexibility index (Phi) is 8.02. The molecule has 0 spiro atoms. The van der Waals surface area contributed by atoms with E-state index < -0.39 is 0 Å². The third-order valence-electron chi connectivity index (χ3n) is 4.55. The monoisotopic (exact) mass is 382 g/mol. The summed E-state index contributed by atoms with van der Waals surface area (Å²) >= 11 is 0. The van der Waals surface area contributed by atoms with Gasteiger partial charge in [0.2, 0.25) is 5.91 Å². The summed E-state index contributed by atoms with van der Waals surface area (Å²) in [6.07, 6.45) is 1.43. The molecular weight excluding hydrogens is 352 g/mol. The van der Waals surface area contributed by atoms with E-state index in [0.29, 0.717) is 24.4 Å². The van der Waals surface area contributed by atoms with E-state index in [4.69, 9.17) is 16.2 Å². The number of rotatable bonds is 10. The van der Waals surface area contributed by atoms with Gasteiger partial charge in [-0.1, -0.05) is 38.1 Å². The molecule has 0 aliphatic rings. The zero-order valence-electron chi connectivity index (χ0n) is 16.6. The number of benzene rings is 2. The molecule has 0 saturated heterocycles. The SMILES string of the molecule is CC(C)c1ccc(NC(=O)CN(CCCCO)c2cccc(C(=N)N)c2)cc1. The molecule has 0 aliphatic heterocycles. The minimum absolute atomic E-state index is 0.00754. The number of carbonyl (C=O) groups excluding carboxylic acids is 1. The summed E-state index contributed by atoms with van der Waals surface area (Å²) < 4.78 is 0. The molecule has 1 amide bonds. The number of nitrogens with two attached hydrogens (primary N) is 1.